The summed E-state index contributed by atoms with van der Waals surface area (Å²) in [6.07, 6.45) is 3.49. The Morgan fingerprint density at radius 1 is 1.06 bits per heavy atom. The molecule has 0 unspecified atom stereocenters. The maximum atomic E-state index is 5.27. The molecule has 1 aromatic carbocycles. The van der Waals surface area contributed by atoms with E-state index in [0.717, 1.165) is 30.5 Å². The van der Waals surface area contributed by atoms with Crippen LogP contribution in [0.15, 0.2) is 44.0 Å². The van der Waals surface area contributed by atoms with Crippen LogP contribution in [0.3, 0.4) is 0 Å². The lowest BCUT2D eigenvalue weighted by molar-refractivity contribution is 0.412. The summed E-state index contributed by atoms with van der Waals surface area (Å²) in [6.45, 7) is 0. The van der Waals surface area contributed by atoms with Gasteiger partial charge in [0.05, 0.1) is 29.2 Å². The maximum Gasteiger partial charge on any atom is 0.135 e. The molecule has 2 rings (SSSR count). The van der Waals surface area contributed by atoms with Gasteiger partial charge in [-0.3, -0.25) is 4.98 Å². The van der Waals surface area contributed by atoms with Crippen molar-refractivity contribution in [1.29, 1.82) is 0 Å². The molecule has 0 amide bonds. The average Bonchev–Trinajstić information content (AvgIpc) is 2.33. The molecule has 0 spiro atoms. The van der Waals surface area contributed by atoms with Crippen LogP contribution in [0.4, 0.5) is 11.4 Å². The zero-order chi connectivity index (χ0) is 13.1. The normalized spacial score (nSPS) is 10.2. The first-order valence-electron chi connectivity index (χ1n) is 5.01. The fourth-order valence-corrected chi connectivity index (χ4v) is 3.04. The molecule has 0 bridgehead atoms. The Labute approximate surface area is 130 Å². The van der Waals surface area contributed by atoms with Crippen LogP contribution in [0, 0.1) is 0 Å². The quantitative estimate of drug-likeness (QED) is 0.725. The van der Waals surface area contributed by atoms with Gasteiger partial charge in [0.15, 0.2) is 0 Å². The molecule has 0 saturated heterocycles. The number of pyridine rings is 1. The number of benzene rings is 1. The van der Waals surface area contributed by atoms with Crippen LogP contribution in [0.5, 0.6) is 5.75 Å². The highest BCUT2D eigenvalue weighted by Crippen LogP contribution is 2.36. The number of hydrogen-bond donors (Lipinski definition) is 1. The highest BCUT2D eigenvalue weighted by molar-refractivity contribution is 9.11. The molecule has 0 aliphatic heterocycles. The van der Waals surface area contributed by atoms with Gasteiger partial charge in [0.1, 0.15) is 5.75 Å². The minimum Gasteiger partial charge on any atom is -0.495 e. The predicted octanol–water partition coefficient (Wildman–Crippen LogP) is 5.12. The molecular weight excluding hydrogens is 428 g/mol. The first kappa shape index (κ1) is 13.8. The third-order valence-corrected chi connectivity index (χ3v) is 3.93. The second-order valence-corrected chi connectivity index (χ2v) is 6.11. The Kier molecular flexibility index (Phi) is 4.64. The van der Waals surface area contributed by atoms with Crippen molar-refractivity contribution in [2.45, 2.75) is 0 Å². The number of nitrogens with one attached hydrogen (secondary N) is 1. The lowest BCUT2D eigenvalue weighted by atomic mass is 10.3. The largest absolute Gasteiger partial charge is 0.495 e. The Morgan fingerprint density at radius 3 is 2.50 bits per heavy atom. The standard InChI is InChI=1S/C12H9Br3N2O/c1-18-12-4-11(9(14)3-10(12)15)17-8-2-7(13)5-16-6-8/h2-6,17H,1H3. The summed E-state index contributed by atoms with van der Waals surface area (Å²) in [5.74, 6) is 0.767. The van der Waals surface area contributed by atoms with Crippen molar-refractivity contribution >= 4 is 59.2 Å². The second-order valence-electron chi connectivity index (χ2n) is 3.48. The van der Waals surface area contributed by atoms with Gasteiger partial charge in [-0.05, 0) is 59.9 Å². The van der Waals surface area contributed by atoms with Crippen molar-refractivity contribution in [2.75, 3.05) is 12.4 Å². The fourth-order valence-electron chi connectivity index (χ4n) is 1.42. The van der Waals surface area contributed by atoms with Gasteiger partial charge in [-0.2, -0.15) is 0 Å². The smallest absolute Gasteiger partial charge is 0.135 e. The first-order valence-corrected chi connectivity index (χ1v) is 7.38. The fraction of sp³-hybridized carbons (Fsp3) is 0.0833. The van der Waals surface area contributed by atoms with Crippen LogP contribution < -0.4 is 10.1 Å². The number of nitrogens with zero attached hydrogens (tertiary/aromatic N) is 1. The molecule has 0 fully saturated rings. The molecule has 0 radical (unpaired) electrons. The van der Waals surface area contributed by atoms with Gasteiger partial charge in [0, 0.05) is 21.2 Å². The maximum absolute atomic E-state index is 5.27. The van der Waals surface area contributed by atoms with Crippen LogP contribution in [0.1, 0.15) is 0 Å². The molecule has 0 aliphatic carbocycles. The molecule has 1 N–H and O–H groups in total. The van der Waals surface area contributed by atoms with Crippen molar-refractivity contribution in [2.24, 2.45) is 0 Å². The van der Waals surface area contributed by atoms with Crippen molar-refractivity contribution in [3.63, 3.8) is 0 Å². The Morgan fingerprint density at radius 2 is 1.83 bits per heavy atom. The highest BCUT2D eigenvalue weighted by atomic mass is 79.9. The van der Waals surface area contributed by atoms with Gasteiger partial charge in [0.25, 0.3) is 0 Å². The van der Waals surface area contributed by atoms with Gasteiger partial charge in [-0.15, -0.1) is 0 Å². The van der Waals surface area contributed by atoms with Gasteiger partial charge < -0.3 is 10.1 Å². The summed E-state index contributed by atoms with van der Waals surface area (Å²) in [5.41, 5.74) is 1.81. The van der Waals surface area contributed by atoms with Crippen molar-refractivity contribution < 1.29 is 4.74 Å². The molecule has 3 nitrogen and oxygen atoms in total. The highest BCUT2D eigenvalue weighted by Gasteiger charge is 2.07. The number of methoxy groups -OCH3 is 1. The number of aromatic nitrogens is 1. The number of anilines is 2. The summed E-state index contributed by atoms with van der Waals surface area (Å²) < 4.78 is 8.03. The molecule has 1 aromatic heterocycles. The SMILES string of the molecule is COc1cc(Nc2cncc(Br)c2)c(Br)cc1Br. The third kappa shape index (κ3) is 3.24. The zero-order valence-electron chi connectivity index (χ0n) is 9.38. The summed E-state index contributed by atoms with van der Waals surface area (Å²) in [4.78, 5) is 4.10. The van der Waals surface area contributed by atoms with E-state index < -0.39 is 0 Å². The third-order valence-electron chi connectivity index (χ3n) is 2.23. The van der Waals surface area contributed by atoms with E-state index in [9.17, 15) is 0 Å². The Bertz CT molecular complexity index is 575. The van der Waals surface area contributed by atoms with E-state index >= 15 is 0 Å². The van der Waals surface area contributed by atoms with E-state index in [0.29, 0.717) is 0 Å². The van der Waals surface area contributed by atoms with E-state index in [1.54, 1.807) is 19.5 Å². The molecule has 94 valence electrons. The molecule has 18 heavy (non-hydrogen) atoms. The van der Waals surface area contributed by atoms with Crippen LogP contribution in [0.25, 0.3) is 0 Å². The van der Waals surface area contributed by atoms with E-state index in [2.05, 4.69) is 58.1 Å². The number of halogens is 3. The molecule has 0 aliphatic rings. The van der Waals surface area contributed by atoms with Crippen LogP contribution in [-0.4, -0.2) is 12.1 Å². The Hall–Kier alpha value is -0.590. The van der Waals surface area contributed by atoms with Crippen LogP contribution in [-0.2, 0) is 0 Å². The summed E-state index contributed by atoms with van der Waals surface area (Å²) in [7, 11) is 1.64. The average molecular weight is 437 g/mol. The van der Waals surface area contributed by atoms with Crippen molar-refractivity contribution in [3.8, 4) is 5.75 Å². The topological polar surface area (TPSA) is 34.1 Å². The second kappa shape index (κ2) is 6.04. The Balaban J connectivity index is 2.34. The zero-order valence-corrected chi connectivity index (χ0v) is 14.1. The monoisotopic (exact) mass is 434 g/mol. The number of hydrogen-bond acceptors (Lipinski definition) is 3. The van der Waals surface area contributed by atoms with Gasteiger partial charge >= 0.3 is 0 Å². The van der Waals surface area contributed by atoms with Crippen LogP contribution in [0.2, 0.25) is 0 Å². The van der Waals surface area contributed by atoms with E-state index in [1.165, 1.54) is 0 Å². The van der Waals surface area contributed by atoms with Crippen molar-refractivity contribution in [3.05, 3.63) is 44.0 Å². The van der Waals surface area contributed by atoms with E-state index in [4.69, 9.17) is 4.74 Å². The van der Waals surface area contributed by atoms with Crippen LogP contribution >= 0.6 is 47.8 Å². The van der Waals surface area contributed by atoms with Gasteiger partial charge in [-0.1, -0.05) is 0 Å². The predicted molar refractivity (Wildman–Crippen MR) is 83.6 cm³/mol. The molecule has 0 saturated carbocycles. The molecule has 0 atom stereocenters. The van der Waals surface area contributed by atoms with Crippen molar-refractivity contribution in [1.82, 2.24) is 4.98 Å². The number of ether oxygens (including phenoxy) is 1. The minimum atomic E-state index is 0.767. The molecular formula is C12H9Br3N2O. The number of rotatable bonds is 3. The lowest BCUT2D eigenvalue weighted by Crippen LogP contribution is -1.94. The summed E-state index contributed by atoms with van der Waals surface area (Å²) in [6, 6.07) is 5.80. The minimum absolute atomic E-state index is 0.767. The summed E-state index contributed by atoms with van der Waals surface area (Å²) in [5, 5.41) is 3.27. The van der Waals surface area contributed by atoms with Gasteiger partial charge in [-0.25, -0.2) is 0 Å². The molecule has 2 aromatic rings. The van der Waals surface area contributed by atoms with E-state index in [-0.39, 0.29) is 0 Å². The summed E-state index contributed by atoms with van der Waals surface area (Å²) >= 11 is 10.3. The molecule has 6 heteroatoms. The first-order chi connectivity index (χ1) is 8.60. The molecule has 1 heterocycles. The van der Waals surface area contributed by atoms with Gasteiger partial charge in [0.2, 0.25) is 0 Å². The van der Waals surface area contributed by atoms with E-state index in [1.807, 2.05) is 18.2 Å². The lowest BCUT2D eigenvalue weighted by Gasteiger charge is -2.11.